The number of thiophene rings is 1. The van der Waals surface area contributed by atoms with Crippen molar-refractivity contribution in [2.45, 2.75) is 65.7 Å². The second kappa shape index (κ2) is 15.0. The van der Waals surface area contributed by atoms with Crippen LogP contribution in [0.15, 0.2) is 84.9 Å². The number of carbonyl (C=O) groups excluding carboxylic acids is 2. The molecule has 5 aromatic rings. The monoisotopic (exact) mass is 718 g/mol. The average Bonchev–Trinajstić information content (AvgIpc) is 3.47. The standard InChI is InChI=1S/C43H44F2N4O2S/c1-4-6-9-23-43(22-5-2)26-48(27-43)40-33(20-15-28(3)46-40)41(50)47-31-18-16-29(17-19-31)42(51)49-24-21-30-25-37(38-34(44)12-10-13-35(38)45)52-39(30)32-11-7-8-14-36(32)49/h7-8,10-20,25H,4-6,9,21-24,26-27H2,1-3H3,(H,47,50). The number of para-hydroxylation sites is 1. The van der Waals surface area contributed by atoms with E-state index in [-0.39, 0.29) is 22.8 Å². The number of pyridine rings is 1. The lowest BCUT2D eigenvalue weighted by molar-refractivity contribution is 0.0986. The third-order valence-electron chi connectivity index (χ3n) is 10.4. The number of halogens is 2. The molecule has 0 bridgehead atoms. The van der Waals surface area contributed by atoms with Crippen molar-refractivity contribution in [3.05, 3.63) is 119 Å². The number of carbonyl (C=O) groups is 2. The molecule has 2 aliphatic heterocycles. The Bertz CT molecular complexity index is 2080. The van der Waals surface area contributed by atoms with Crippen LogP contribution in [0.1, 0.15) is 84.3 Å². The van der Waals surface area contributed by atoms with Gasteiger partial charge in [-0.2, -0.15) is 0 Å². The molecular formula is C43H44F2N4O2S. The summed E-state index contributed by atoms with van der Waals surface area (Å²) < 4.78 is 29.4. The Kier molecular flexibility index (Phi) is 10.2. The van der Waals surface area contributed by atoms with Crippen molar-refractivity contribution >= 4 is 40.3 Å². The lowest BCUT2D eigenvalue weighted by Gasteiger charge is -2.52. The van der Waals surface area contributed by atoms with Crippen LogP contribution in [0.4, 0.5) is 26.0 Å². The van der Waals surface area contributed by atoms with Crippen molar-refractivity contribution in [1.82, 2.24) is 4.98 Å². The summed E-state index contributed by atoms with van der Waals surface area (Å²) in [4.78, 5) is 38.0. The molecule has 0 radical (unpaired) electrons. The Labute approximate surface area is 308 Å². The number of anilines is 3. The van der Waals surface area contributed by atoms with Crippen molar-refractivity contribution < 1.29 is 18.4 Å². The Morgan fingerprint density at radius 1 is 0.885 bits per heavy atom. The number of fused-ring (bicyclic) bond motifs is 3. The van der Waals surface area contributed by atoms with Crippen LogP contribution in [0.3, 0.4) is 0 Å². The van der Waals surface area contributed by atoms with Crippen LogP contribution in [0.2, 0.25) is 0 Å². The minimum Gasteiger partial charge on any atom is -0.355 e. The number of unbranched alkanes of at least 4 members (excludes halogenated alkanes) is 2. The number of hydrogen-bond donors (Lipinski definition) is 1. The smallest absolute Gasteiger partial charge is 0.259 e. The first-order chi connectivity index (χ1) is 25.2. The van der Waals surface area contributed by atoms with Crippen LogP contribution >= 0.6 is 11.3 Å². The zero-order chi connectivity index (χ0) is 36.4. The summed E-state index contributed by atoms with van der Waals surface area (Å²) in [6, 6.07) is 24.1. The fraction of sp³-hybridized carbons (Fsp3) is 0.326. The Balaban J connectivity index is 1.07. The first kappa shape index (κ1) is 35.5. The number of hydrogen-bond acceptors (Lipinski definition) is 5. The molecule has 9 heteroatoms. The van der Waals surface area contributed by atoms with E-state index in [9.17, 15) is 18.4 Å². The Hall–Kier alpha value is -4.89. The molecule has 0 spiro atoms. The summed E-state index contributed by atoms with van der Waals surface area (Å²) in [5, 5.41) is 3.03. The molecule has 0 aliphatic carbocycles. The van der Waals surface area contributed by atoms with Gasteiger partial charge >= 0.3 is 0 Å². The van der Waals surface area contributed by atoms with Crippen molar-refractivity contribution in [1.29, 1.82) is 0 Å². The lowest BCUT2D eigenvalue weighted by atomic mass is 9.72. The highest BCUT2D eigenvalue weighted by Crippen LogP contribution is 2.46. The van der Waals surface area contributed by atoms with Gasteiger partial charge in [0.05, 0.1) is 16.8 Å². The lowest BCUT2D eigenvalue weighted by Crippen LogP contribution is -2.57. The van der Waals surface area contributed by atoms with Gasteiger partial charge in [0, 0.05) is 57.3 Å². The molecule has 1 saturated heterocycles. The van der Waals surface area contributed by atoms with E-state index in [0.717, 1.165) is 52.7 Å². The van der Waals surface area contributed by atoms with Crippen LogP contribution in [-0.2, 0) is 6.42 Å². The van der Waals surface area contributed by atoms with Crippen LogP contribution in [0.5, 0.6) is 0 Å². The van der Waals surface area contributed by atoms with Crippen LogP contribution in [0, 0.1) is 24.0 Å². The van der Waals surface area contributed by atoms with Gasteiger partial charge in [-0.1, -0.05) is 63.8 Å². The number of nitrogens with zero attached hydrogens (tertiary/aromatic N) is 3. The third-order valence-corrected chi connectivity index (χ3v) is 11.6. The molecule has 2 aliphatic rings. The van der Waals surface area contributed by atoms with E-state index < -0.39 is 11.6 Å². The number of aromatic nitrogens is 1. The molecule has 3 aromatic carbocycles. The summed E-state index contributed by atoms with van der Waals surface area (Å²) in [6.07, 6.45) is 7.75. The van der Waals surface area contributed by atoms with Crippen molar-refractivity contribution in [2.75, 3.05) is 34.8 Å². The van der Waals surface area contributed by atoms with E-state index in [1.165, 1.54) is 61.6 Å². The number of nitrogens with one attached hydrogen (secondary N) is 1. The highest BCUT2D eigenvalue weighted by atomic mass is 32.1. The summed E-state index contributed by atoms with van der Waals surface area (Å²) in [5.41, 5.74) is 5.28. The van der Waals surface area contributed by atoms with E-state index in [0.29, 0.717) is 34.7 Å². The maximum atomic E-state index is 14.7. The van der Waals surface area contributed by atoms with Crippen LogP contribution < -0.4 is 15.1 Å². The molecular weight excluding hydrogens is 675 g/mol. The van der Waals surface area contributed by atoms with Gasteiger partial charge in [0.2, 0.25) is 0 Å². The fourth-order valence-corrected chi connectivity index (χ4v) is 9.10. The molecule has 7 rings (SSSR count). The number of benzene rings is 3. The summed E-state index contributed by atoms with van der Waals surface area (Å²) >= 11 is 1.34. The average molecular weight is 719 g/mol. The van der Waals surface area contributed by atoms with Gasteiger partial charge in [0.1, 0.15) is 17.5 Å². The van der Waals surface area contributed by atoms with E-state index in [4.69, 9.17) is 4.98 Å². The molecule has 2 aromatic heterocycles. The Morgan fingerprint density at radius 2 is 1.63 bits per heavy atom. The van der Waals surface area contributed by atoms with Gasteiger partial charge < -0.3 is 15.1 Å². The van der Waals surface area contributed by atoms with Gasteiger partial charge in [-0.15, -0.1) is 11.3 Å². The predicted octanol–water partition coefficient (Wildman–Crippen LogP) is 10.7. The summed E-state index contributed by atoms with van der Waals surface area (Å²) in [7, 11) is 0. The van der Waals surface area contributed by atoms with Crippen LogP contribution in [0.25, 0.3) is 20.9 Å². The molecule has 0 saturated carbocycles. The normalized spacial score (nSPS) is 14.6. The zero-order valence-corrected chi connectivity index (χ0v) is 30.8. The van der Waals surface area contributed by atoms with Gasteiger partial charge in [-0.05, 0) is 92.4 Å². The largest absolute Gasteiger partial charge is 0.355 e. The van der Waals surface area contributed by atoms with Crippen molar-refractivity contribution in [2.24, 2.45) is 5.41 Å². The summed E-state index contributed by atoms with van der Waals surface area (Å²) in [6.45, 7) is 8.66. The van der Waals surface area contributed by atoms with Crippen LogP contribution in [-0.4, -0.2) is 36.4 Å². The van der Waals surface area contributed by atoms with E-state index in [1.807, 2.05) is 49.4 Å². The van der Waals surface area contributed by atoms with E-state index in [1.54, 1.807) is 29.2 Å². The molecule has 2 amide bonds. The Morgan fingerprint density at radius 3 is 2.37 bits per heavy atom. The topological polar surface area (TPSA) is 65.5 Å². The molecule has 4 heterocycles. The molecule has 52 heavy (non-hydrogen) atoms. The second-order valence-electron chi connectivity index (χ2n) is 14.2. The molecule has 268 valence electrons. The highest BCUT2D eigenvalue weighted by Gasteiger charge is 2.43. The van der Waals surface area contributed by atoms with Gasteiger partial charge in [0.15, 0.2) is 0 Å². The first-order valence-corrected chi connectivity index (χ1v) is 19.1. The third kappa shape index (κ3) is 6.98. The first-order valence-electron chi connectivity index (χ1n) is 18.3. The number of aryl methyl sites for hydroxylation is 1. The minimum absolute atomic E-state index is 0.0274. The molecule has 6 nitrogen and oxygen atoms in total. The van der Waals surface area contributed by atoms with Crippen molar-refractivity contribution in [3.8, 4) is 20.9 Å². The van der Waals surface area contributed by atoms with Gasteiger partial charge in [-0.25, -0.2) is 13.8 Å². The van der Waals surface area contributed by atoms with E-state index >= 15 is 0 Å². The zero-order valence-electron chi connectivity index (χ0n) is 30.0. The molecule has 0 unspecified atom stereocenters. The predicted molar refractivity (Wildman–Crippen MR) is 208 cm³/mol. The minimum atomic E-state index is -0.597. The number of rotatable bonds is 11. The maximum absolute atomic E-state index is 14.7. The highest BCUT2D eigenvalue weighted by molar-refractivity contribution is 7.19. The quantitative estimate of drug-likeness (QED) is 0.138. The fourth-order valence-electron chi connectivity index (χ4n) is 7.81. The maximum Gasteiger partial charge on any atom is 0.259 e. The SMILES string of the molecule is CCCCCC1(CCC)CN(c2nc(C)ccc2C(=O)Nc2ccc(C(=O)N3CCc4cc(-c5c(F)cccc5F)sc4-c4ccccc43)cc2)C1. The van der Waals surface area contributed by atoms with Gasteiger partial charge in [0.25, 0.3) is 11.8 Å². The molecule has 1 fully saturated rings. The molecule has 0 atom stereocenters. The number of amides is 2. The van der Waals surface area contributed by atoms with E-state index in [2.05, 4.69) is 24.1 Å². The second-order valence-corrected chi connectivity index (χ2v) is 15.3. The molecule has 1 N–H and O–H groups in total. The van der Waals surface area contributed by atoms with Crippen molar-refractivity contribution in [3.63, 3.8) is 0 Å². The summed E-state index contributed by atoms with van der Waals surface area (Å²) in [5.74, 6) is -0.869. The van der Waals surface area contributed by atoms with Gasteiger partial charge in [-0.3, -0.25) is 9.59 Å².